The van der Waals surface area contributed by atoms with E-state index in [1.165, 1.54) is 14.2 Å². The minimum Gasteiger partial charge on any atom is -0.481 e. The van der Waals surface area contributed by atoms with Crippen molar-refractivity contribution in [2.45, 2.75) is 44.9 Å². The van der Waals surface area contributed by atoms with Gasteiger partial charge in [0, 0.05) is 18.2 Å². The molecule has 1 amide bonds. The van der Waals surface area contributed by atoms with Crippen molar-refractivity contribution in [1.82, 2.24) is 10.8 Å². The summed E-state index contributed by atoms with van der Waals surface area (Å²) in [5.74, 6) is -0.933. The second kappa shape index (κ2) is 10.9. The van der Waals surface area contributed by atoms with E-state index in [0.717, 1.165) is 31.0 Å². The molecule has 0 rings (SSSR count). The highest BCUT2D eigenvalue weighted by Gasteiger charge is 2.07. The van der Waals surface area contributed by atoms with Crippen molar-refractivity contribution in [2.75, 3.05) is 14.2 Å². The molecule has 18 heavy (non-hydrogen) atoms. The molecule has 0 aromatic carbocycles. The fourth-order valence-electron chi connectivity index (χ4n) is 1.42. The highest BCUT2D eigenvalue weighted by Crippen LogP contribution is 2.07. The fourth-order valence-corrected chi connectivity index (χ4v) is 1.42. The van der Waals surface area contributed by atoms with E-state index in [-0.39, 0.29) is 12.3 Å². The molecule has 0 heterocycles. The molecule has 0 aliphatic heterocycles. The molecular formula is C11H22N2O5. The Morgan fingerprint density at radius 3 is 2.00 bits per heavy atom. The lowest BCUT2D eigenvalue weighted by atomic mass is 10.1. The molecule has 0 saturated heterocycles. The second-order valence-corrected chi connectivity index (χ2v) is 3.82. The summed E-state index contributed by atoms with van der Waals surface area (Å²) in [5.41, 5.74) is 2.41. The van der Waals surface area contributed by atoms with Crippen molar-refractivity contribution < 1.29 is 24.4 Å². The van der Waals surface area contributed by atoms with Gasteiger partial charge in [-0.2, -0.15) is 0 Å². The van der Waals surface area contributed by atoms with Crippen molar-refractivity contribution in [2.24, 2.45) is 0 Å². The third-order valence-corrected chi connectivity index (χ3v) is 2.34. The zero-order valence-corrected chi connectivity index (χ0v) is 11.0. The predicted octanol–water partition coefficient (Wildman–Crippen LogP) is 1.26. The number of hydrazine groups is 1. The lowest BCUT2D eigenvalue weighted by molar-refractivity contribution is -0.367. The van der Waals surface area contributed by atoms with Gasteiger partial charge >= 0.3 is 5.97 Å². The molecule has 106 valence electrons. The molecule has 0 atom stereocenters. The van der Waals surface area contributed by atoms with Gasteiger partial charge in [0.05, 0.1) is 14.2 Å². The van der Waals surface area contributed by atoms with Gasteiger partial charge in [0.2, 0.25) is 5.91 Å². The Kier molecular flexibility index (Phi) is 10.2. The number of hydrogen-bond acceptors (Lipinski definition) is 5. The van der Waals surface area contributed by atoms with E-state index in [9.17, 15) is 9.59 Å². The predicted molar refractivity (Wildman–Crippen MR) is 64.0 cm³/mol. The molecule has 0 aromatic heterocycles. The Morgan fingerprint density at radius 1 is 1.00 bits per heavy atom. The van der Waals surface area contributed by atoms with Crippen LogP contribution < -0.4 is 5.43 Å². The SMILES string of the molecule is CON(NC(=O)CCCCCCCC(=O)O)OC. The fraction of sp³-hybridized carbons (Fsp3) is 0.818. The van der Waals surface area contributed by atoms with E-state index in [2.05, 4.69) is 15.1 Å². The number of nitrogens with zero attached hydrogens (tertiary/aromatic N) is 1. The Labute approximate surface area is 107 Å². The summed E-state index contributed by atoms with van der Waals surface area (Å²) in [6.07, 6.45) is 4.81. The molecule has 7 heteroatoms. The monoisotopic (exact) mass is 262 g/mol. The Bertz CT molecular complexity index is 244. The standard InChI is InChI=1S/C11H22N2O5/c1-17-13(18-2)12-10(14)8-6-4-3-5-7-9-11(15)16/h3-9H2,1-2H3,(H,12,14)(H,15,16). The molecule has 0 saturated carbocycles. The lowest BCUT2D eigenvalue weighted by Gasteiger charge is -2.16. The maximum absolute atomic E-state index is 11.4. The number of carboxylic acid groups (broad SMARTS) is 1. The smallest absolute Gasteiger partial charge is 0.303 e. The van der Waals surface area contributed by atoms with E-state index >= 15 is 0 Å². The Balaban J connectivity index is 3.37. The number of carbonyl (C=O) groups is 2. The number of rotatable bonds is 11. The van der Waals surface area contributed by atoms with E-state index < -0.39 is 5.97 Å². The first-order chi connectivity index (χ1) is 8.60. The molecule has 0 radical (unpaired) electrons. The van der Waals surface area contributed by atoms with Crippen molar-refractivity contribution in [3.05, 3.63) is 0 Å². The van der Waals surface area contributed by atoms with Crippen LogP contribution in [0.3, 0.4) is 0 Å². The average Bonchev–Trinajstić information content (AvgIpc) is 2.34. The first-order valence-electron chi connectivity index (χ1n) is 5.99. The van der Waals surface area contributed by atoms with Crippen LogP contribution in [0.2, 0.25) is 0 Å². The van der Waals surface area contributed by atoms with Crippen molar-refractivity contribution in [1.29, 1.82) is 0 Å². The summed E-state index contributed by atoms with van der Waals surface area (Å²) in [5, 5.41) is 9.32. The molecule has 0 aromatic rings. The van der Waals surface area contributed by atoms with Crippen LogP contribution in [0.1, 0.15) is 44.9 Å². The Hall–Kier alpha value is -1.18. The van der Waals surface area contributed by atoms with Gasteiger partial charge < -0.3 is 5.11 Å². The normalized spacial score (nSPS) is 10.6. The van der Waals surface area contributed by atoms with Crippen LogP contribution in [0.5, 0.6) is 0 Å². The van der Waals surface area contributed by atoms with Gasteiger partial charge in [-0.3, -0.25) is 19.3 Å². The summed E-state index contributed by atoms with van der Waals surface area (Å²) < 4.78 is 0. The maximum atomic E-state index is 11.4. The van der Waals surface area contributed by atoms with Gasteiger partial charge in [0.1, 0.15) is 0 Å². The minimum absolute atomic E-state index is 0.177. The topological polar surface area (TPSA) is 88.1 Å². The number of amides is 1. The summed E-state index contributed by atoms with van der Waals surface area (Å²) in [7, 11) is 2.76. The van der Waals surface area contributed by atoms with Crippen LogP contribution in [0.25, 0.3) is 0 Å². The van der Waals surface area contributed by atoms with Gasteiger partial charge in [0.25, 0.3) is 0 Å². The van der Waals surface area contributed by atoms with Crippen LogP contribution in [-0.2, 0) is 19.3 Å². The largest absolute Gasteiger partial charge is 0.481 e. The highest BCUT2D eigenvalue weighted by molar-refractivity contribution is 5.75. The first-order valence-corrected chi connectivity index (χ1v) is 5.99. The van der Waals surface area contributed by atoms with E-state index in [1.54, 1.807) is 0 Å². The number of carboxylic acids is 1. The third-order valence-electron chi connectivity index (χ3n) is 2.34. The zero-order chi connectivity index (χ0) is 13.8. The molecule has 0 unspecified atom stereocenters. The molecular weight excluding hydrogens is 240 g/mol. The number of hydrogen-bond donors (Lipinski definition) is 2. The first kappa shape index (κ1) is 16.8. The van der Waals surface area contributed by atoms with Gasteiger partial charge in [-0.1, -0.05) is 19.3 Å². The van der Waals surface area contributed by atoms with Crippen LogP contribution in [-0.4, -0.2) is 36.5 Å². The van der Waals surface area contributed by atoms with Crippen LogP contribution >= 0.6 is 0 Å². The molecule has 0 aliphatic rings. The minimum atomic E-state index is -0.756. The van der Waals surface area contributed by atoms with E-state index in [4.69, 9.17) is 5.11 Å². The summed E-state index contributed by atoms with van der Waals surface area (Å²) in [6.45, 7) is 0. The molecule has 0 aliphatic carbocycles. The maximum Gasteiger partial charge on any atom is 0.303 e. The van der Waals surface area contributed by atoms with Gasteiger partial charge in [-0.05, 0) is 12.8 Å². The molecule has 0 fully saturated rings. The van der Waals surface area contributed by atoms with E-state index in [0.29, 0.717) is 12.8 Å². The van der Waals surface area contributed by atoms with Gasteiger partial charge in [0.15, 0.2) is 0 Å². The number of carbonyl (C=O) groups excluding carboxylic acids is 1. The number of unbranched alkanes of at least 4 members (excludes halogenated alkanes) is 4. The average molecular weight is 262 g/mol. The Morgan fingerprint density at radius 2 is 1.50 bits per heavy atom. The van der Waals surface area contributed by atoms with E-state index in [1.807, 2.05) is 0 Å². The van der Waals surface area contributed by atoms with Gasteiger partial charge in [-0.15, -0.1) is 0 Å². The van der Waals surface area contributed by atoms with Crippen molar-refractivity contribution in [3.63, 3.8) is 0 Å². The molecule has 0 spiro atoms. The quantitative estimate of drug-likeness (QED) is 0.430. The van der Waals surface area contributed by atoms with Crippen LogP contribution in [0.4, 0.5) is 0 Å². The van der Waals surface area contributed by atoms with Gasteiger partial charge in [-0.25, -0.2) is 5.43 Å². The third kappa shape index (κ3) is 10.0. The number of nitrogens with one attached hydrogen (secondary N) is 1. The lowest BCUT2D eigenvalue weighted by Crippen LogP contribution is -2.40. The van der Waals surface area contributed by atoms with Crippen molar-refractivity contribution >= 4 is 11.9 Å². The zero-order valence-electron chi connectivity index (χ0n) is 11.0. The van der Waals surface area contributed by atoms with Crippen LogP contribution in [0, 0.1) is 0 Å². The number of aliphatic carboxylic acids is 1. The molecule has 2 N–H and O–H groups in total. The highest BCUT2D eigenvalue weighted by atomic mass is 17.0. The van der Waals surface area contributed by atoms with Crippen LogP contribution in [0.15, 0.2) is 0 Å². The summed E-state index contributed by atoms with van der Waals surface area (Å²) >= 11 is 0. The molecule has 7 nitrogen and oxygen atoms in total. The second-order valence-electron chi connectivity index (χ2n) is 3.82. The molecule has 0 bridgehead atoms. The summed E-state index contributed by atoms with van der Waals surface area (Å²) in [4.78, 5) is 31.0. The van der Waals surface area contributed by atoms with Crippen molar-refractivity contribution in [3.8, 4) is 0 Å². The summed E-state index contributed by atoms with van der Waals surface area (Å²) in [6, 6.07) is 0.